The van der Waals surface area contributed by atoms with Crippen LogP contribution < -0.4 is 0 Å². The highest BCUT2D eigenvalue weighted by atomic mass is 35.5. The summed E-state index contributed by atoms with van der Waals surface area (Å²) in [4.78, 5) is 15.9. The first kappa shape index (κ1) is 23.4. The van der Waals surface area contributed by atoms with Crippen molar-refractivity contribution in [1.29, 1.82) is 0 Å². The molecule has 29 heavy (non-hydrogen) atoms. The topological polar surface area (TPSA) is 38.8 Å². The molecule has 0 aromatic heterocycles. The van der Waals surface area contributed by atoms with Crippen molar-refractivity contribution in [2.75, 3.05) is 26.7 Å². The van der Waals surface area contributed by atoms with Gasteiger partial charge in [-0.2, -0.15) is 0 Å². The molecule has 158 valence electrons. The molecule has 1 aliphatic heterocycles. The lowest BCUT2D eigenvalue weighted by Gasteiger charge is -2.36. The largest absolute Gasteiger partial charge is 0.458 e. The number of ether oxygens (including phenoxy) is 2. The number of rotatable bonds is 8. The third kappa shape index (κ3) is 5.59. The predicted octanol–water partition coefficient (Wildman–Crippen LogP) is 4.81. The molecule has 3 rings (SSSR count). The quantitative estimate of drug-likeness (QED) is 0.456. The first-order valence-electron chi connectivity index (χ1n) is 10.3. The zero-order valence-corrected chi connectivity index (χ0v) is 18.2. The second kappa shape index (κ2) is 11.3. The van der Waals surface area contributed by atoms with E-state index in [-0.39, 0.29) is 24.5 Å². The molecule has 1 heterocycles. The van der Waals surface area contributed by atoms with Crippen LogP contribution in [0, 0.1) is 0 Å². The maximum absolute atomic E-state index is 13.7. The normalized spacial score (nSPS) is 17.4. The van der Waals surface area contributed by atoms with E-state index in [0.717, 1.165) is 49.9 Å². The van der Waals surface area contributed by atoms with E-state index in [1.54, 1.807) is 0 Å². The van der Waals surface area contributed by atoms with Crippen LogP contribution in [-0.2, 0) is 19.9 Å². The Bertz CT molecular complexity index is 699. The molecule has 1 aliphatic rings. The van der Waals surface area contributed by atoms with E-state index >= 15 is 0 Å². The van der Waals surface area contributed by atoms with E-state index in [4.69, 9.17) is 9.47 Å². The lowest BCUT2D eigenvalue weighted by atomic mass is 9.85. The monoisotopic (exact) mass is 417 g/mol. The van der Waals surface area contributed by atoms with Gasteiger partial charge in [0, 0.05) is 13.2 Å². The Labute approximate surface area is 180 Å². The van der Waals surface area contributed by atoms with Crippen molar-refractivity contribution in [2.45, 2.75) is 44.3 Å². The van der Waals surface area contributed by atoms with Gasteiger partial charge in [0.1, 0.15) is 6.10 Å². The third-order valence-electron chi connectivity index (χ3n) is 5.32. The number of nitrogens with zero attached hydrogens (tertiary/aromatic N) is 1. The molecule has 1 fully saturated rings. The molecular formula is C24H32ClNO3. The van der Waals surface area contributed by atoms with Gasteiger partial charge >= 0.3 is 5.97 Å². The number of unbranched alkanes of at least 4 members (excludes halogenated alkanes) is 1. The highest BCUT2D eigenvalue weighted by Gasteiger charge is 2.46. The van der Waals surface area contributed by atoms with Crippen LogP contribution in [0.5, 0.6) is 0 Å². The van der Waals surface area contributed by atoms with Crippen molar-refractivity contribution in [3.63, 3.8) is 0 Å². The fourth-order valence-electron chi connectivity index (χ4n) is 3.79. The number of likely N-dealkylation sites (N-methyl/N-ethyl adjacent to an activating group) is 1. The van der Waals surface area contributed by atoms with Crippen LogP contribution >= 0.6 is 12.4 Å². The summed E-state index contributed by atoms with van der Waals surface area (Å²) >= 11 is 0. The highest BCUT2D eigenvalue weighted by Crippen LogP contribution is 2.36. The van der Waals surface area contributed by atoms with Gasteiger partial charge in [-0.3, -0.25) is 0 Å². The number of carbonyl (C=O) groups excluding carboxylic acids is 1. The van der Waals surface area contributed by atoms with Gasteiger partial charge in [-0.05, 0) is 44.0 Å². The second-order valence-corrected chi connectivity index (χ2v) is 7.55. The lowest BCUT2D eigenvalue weighted by molar-refractivity contribution is -0.176. The van der Waals surface area contributed by atoms with Crippen molar-refractivity contribution in [1.82, 2.24) is 4.90 Å². The molecule has 0 bridgehead atoms. The maximum atomic E-state index is 13.7. The van der Waals surface area contributed by atoms with Crippen molar-refractivity contribution < 1.29 is 14.3 Å². The van der Waals surface area contributed by atoms with E-state index in [9.17, 15) is 4.79 Å². The van der Waals surface area contributed by atoms with Crippen LogP contribution in [0.25, 0.3) is 0 Å². The minimum atomic E-state index is -1.24. The Morgan fingerprint density at radius 3 is 2.17 bits per heavy atom. The van der Waals surface area contributed by atoms with Crippen LogP contribution in [0.1, 0.15) is 43.7 Å². The molecule has 0 amide bonds. The molecule has 0 N–H and O–H groups in total. The SMILES string of the molecule is CCCCOC(C(=O)OC1CCCN(C)C1)(c1ccccc1)c1ccccc1.Cl. The molecular weight excluding hydrogens is 386 g/mol. The van der Waals surface area contributed by atoms with Crippen LogP contribution in [0.4, 0.5) is 0 Å². The molecule has 4 nitrogen and oxygen atoms in total. The minimum absolute atomic E-state index is 0. The number of benzene rings is 2. The van der Waals surface area contributed by atoms with E-state index in [0.29, 0.717) is 6.61 Å². The van der Waals surface area contributed by atoms with Gasteiger partial charge in [0.05, 0.1) is 0 Å². The molecule has 0 radical (unpaired) electrons. The summed E-state index contributed by atoms with van der Waals surface area (Å²) < 4.78 is 12.4. The summed E-state index contributed by atoms with van der Waals surface area (Å²) in [6.07, 6.45) is 3.72. The number of halogens is 1. The molecule has 2 aromatic carbocycles. The van der Waals surface area contributed by atoms with Gasteiger partial charge in [0.25, 0.3) is 0 Å². The molecule has 0 spiro atoms. The van der Waals surface area contributed by atoms with Gasteiger partial charge < -0.3 is 14.4 Å². The summed E-state index contributed by atoms with van der Waals surface area (Å²) in [5, 5.41) is 0. The molecule has 0 saturated carbocycles. The van der Waals surface area contributed by atoms with Crippen molar-refractivity contribution >= 4 is 18.4 Å². The Hall–Kier alpha value is -1.88. The number of hydrogen-bond donors (Lipinski definition) is 0. The average Bonchev–Trinajstić information content (AvgIpc) is 2.73. The van der Waals surface area contributed by atoms with Crippen molar-refractivity contribution in [3.8, 4) is 0 Å². The standard InChI is InChI=1S/C24H31NO3.ClH/c1-3-4-18-27-24(20-12-7-5-8-13-20,21-14-9-6-10-15-21)23(26)28-22-16-11-17-25(2)19-22;/h5-10,12-15,22H,3-4,11,16-19H2,1-2H3;1H. The molecule has 0 aliphatic carbocycles. The smallest absolute Gasteiger partial charge is 0.348 e. The van der Waals surface area contributed by atoms with Gasteiger partial charge in [-0.15, -0.1) is 12.4 Å². The van der Waals surface area contributed by atoms with Gasteiger partial charge in [-0.25, -0.2) is 4.79 Å². The summed E-state index contributed by atoms with van der Waals surface area (Å²) in [7, 11) is 2.07. The van der Waals surface area contributed by atoms with Crippen LogP contribution in [0.2, 0.25) is 0 Å². The number of esters is 1. The Kier molecular flexibility index (Phi) is 9.15. The van der Waals surface area contributed by atoms with Gasteiger partial charge in [-0.1, -0.05) is 74.0 Å². The molecule has 1 saturated heterocycles. The first-order chi connectivity index (χ1) is 13.7. The van der Waals surface area contributed by atoms with Crippen LogP contribution in [0.15, 0.2) is 60.7 Å². The van der Waals surface area contributed by atoms with Gasteiger partial charge in [0.15, 0.2) is 0 Å². The Morgan fingerprint density at radius 2 is 1.66 bits per heavy atom. The zero-order chi connectivity index (χ0) is 19.8. The van der Waals surface area contributed by atoms with Crippen molar-refractivity contribution in [3.05, 3.63) is 71.8 Å². The molecule has 1 atom stereocenters. The Balaban J connectivity index is 0.00000300. The van der Waals surface area contributed by atoms with Crippen molar-refractivity contribution in [2.24, 2.45) is 0 Å². The van der Waals surface area contributed by atoms with E-state index in [1.807, 2.05) is 60.7 Å². The lowest BCUT2D eigenvalue weighted by Crippen LogP contribution is -2.46. The van der Waals surface area contributed by atoms with E-state index in [2.05, 4.69) is 18.9 Å². The summed E-state index contributed by atoms with van der Waals surface area (Å²) in [6, 6.07) is 19.5. The second-order valence-electron chi connectivity index (χ2n) is 7.55. The van der Waals surface area contributed by atoms with Crippen LogP contribution in [-0.4, -0.2) is 43.7 Å². The fourth-order valence-corrected chi connectivity index (χ4v) is 3.79. The fraction of sp³-hybridized carbons (Fsp3) is 0.458. The molecule has 1 unspecified atom stereocenters. The van der Waals surface area contributed by atoms with Crippen LogP contribution in [0.3, 0.4) is 0 Å². The average molecular weight is 418 g/mol. The molecule has 5 heteroatoms. The highest BCUT2D eigenvalue weighted by molar-refractivity contribution is 5.86. The van der Waals surface area contributed by atoms with E-state index in [1.165, 1.54) is 0 Å². The van der Waals surface area contributed by atoms with E-state index < -0.39 is 5.60 Å². The minimum Gasteiger partial charge on any atom is -0.458 e. The summed E-state index contributed by atoms with van der Waals surface area (Å²) in [5.41, 5.74) is 0.381. The number of carbonyl (C=O) groups is 1. The predicted molar refractivity (Wildman–Crippen MR) is 118 cm³/mol. The zero-order valence-electron chi connectivity index (χ0n) is 17.4. The summed E-state index contributed by atoms with van der Waals surface area (Å²) in [6.45, 7) is 4.43. The van der Waals surface area contributed by atoms with Gasteiger partial charge in [0.2, 0.25) is 5.60 Å². The maximum Gasteiger partial charge on any atom is 0.348 e. The first-order valence-corrected chi connectivity index (χ1v) is 10.3. The molecule has 2 aromatic rings. The summed E-state index contributed by atoms with van der Waals surface area (Å²) in [5.74, 6) is -0.318. The third-order valence-corrected chi connectivity index (χ3v) is 5.32. The number of likely N-dealkylation sites (tertiary alicyclic amines) is 1. The Morgan fingerprint density at radius 1 is 1.07 bits per heavy atom. The number of hydrogen-bond acceptors (Lipinski definition) is 4. The number of piperidine rings is 1.